The largest absolute Gasteiger partial charge is 0.465 e. The molecule has 0 aromatic rings. The Labute approximate surface area is 126 Å². The monoisotopic (exact) mass is 298 g/mol. The van der Waals surface area contributed by atoms with Gasteiger partial charge < -0.3 is 9.47 Å². The van der Waals surface area contributed by atoms with Crippen LogP contribution in [-0.4, -0.2) is 30.4 Å². The highest BCUT2D eigenvalue weighted by molar-refractivity contribution is 5.94. The van der Waals surface area contributed by atoms with Gasteiger partial charge in [0, 0.05) is 11.0 Å². The van der Waals surface area contributed by atoms with Crippen LogP contribution in [0.5, 0.6) is 0 Å². The van der Waals surface area contributed by atoms with Crippen LogP contribution in [0.25, 0.3) is 0 Å². The van der Waals surface area contributed by atoms with Gasteiger partial charge in [-0.1, -0.05) is 34.3 Å². The predicted molar refractivity (Wildman–Crippen MR) is 79.6 cm³/mol. The van der Waals surface area contributed by atoms with Crippen molar-refractivity contribution >= 4 is 17.7 Å². The summed E-state index contributed by atoms with van der Waals surface area (Å²) in [6, 6.07) is 0. The fraction of sp³-hybridized carbons (Fsp3) is 0.688. The van der Waals surface area contributed by atoms with E-state index in [1.54, 1.807) is 6.92 Å². The maximum atomic E-state index is 11.7. The zero-order chi connectivity index (χ0) is 16.8. The number of carbonyl (C=O) groups excluding carboxylic acids is 3. The first-order valence-electron chi connectivity index (χ1n) is 6.99. The maximum absolute atomic E-state index is 11.7. The fourth-order valence-corrected chi connectivity index (χ4v) is 2.02. The molecule has 0 fully saturated rings. The van der Waals surface area contributed by atoms with Gasteiger partial charge in [0.25, 0.3) is 0 Å². The van der Waals surface area contributed by atoms with Crippen molar-refractivity contribution in [2.75, 3.05) is 6.61 Å². The van der Waals surface area contributed by atoms with Crippen molar-refractivity contribution < 1.29 is 23.9 Å². The van der Waals surface area contributed by atoms with Crippen molar-refractivity contribution in [2.24, 2.45) is 11.3 Å². The molecule has 0 radical (unpaired) electrons. The van der Waals surface area contributed by atoms with Crippen LogP contribution in [0.1, 0.15) is 48.0 Å². The molecule has 0 N–H and O–H groups in total. The second-order valence-electron chi connectivity index (χ2n) is 6.38. The van der Waals surface area contributed by atoms with Gasteiger partial charge in [0.1, 0.15) is 18.3 Å². The van der Waals surface area contributed by atoms with E-state index in [0.717, 1.165) is 0 Å². The minimum absolute atomic E-state index is 0.0507. The fourth-order valence-electron chi connectivity index (χ4n) is 2.02. The number of rotatable bonds is 8. The standard InChI is InChI=1S/C16H26O5/c1-10(2)14(21-15(19)11(3)4)16(6,7)9-20-13(18)8-12(5)17/h10,14H,3,8-9H2,1-2,4-7H3. The Morgan fingerprint density at radius 3 is 2.05 bits per heavy atom. The average Bonchev–Trinajstić information content (AvgIpc) is 2.31. The smallest absolute Gasteiger partial charge is 0.333 e. The lowest BCUT2D eigenvalue weighted by molar-refractivity contribution is -0.162. The summed E-state index contributed by atoms with van der Waals surface area (Å²) in [4.78, 5) is 34.0. The van der Waals surface area contributed by atoms with Crippen LogP contribution in [0.3, 0.4) is 0 Å². The average molecular weight is 298 g/mol. The zero-order valence-corrected chi connectivity index (χ0v) is 13.8. The molecule has 0 bridgehead atoms. The summed E-state index contributed by atoms with van der Waals surface area (Å²) in [6.07, 6.45) is -0.666. The molecule has 0 aliphatic rings. The second-order valence-corrected chi connectivity index (χ2v) is 6.38. The number of ketones is 1. The van der Waals surface area contributed by atoms with Gasteiger partial charge in [0.2, 0.25) is 0 Å². The minimum Gasteiger partial charge on any atom is -0.465 e. The van der Waals surface area contributed by atoms with Crippen molar-refractivity contribution in [3.8, 4) is 0 Å². The van der Waals surface area contributed by atoms with Gasteiger partial charge in [-0.2, -0.15) is 0 Å². The normalized spacial score (nSPS) is 12.7. The summed E-state index contributed by atoms with van der Waals surface area (Å²) in [5, 5.41) is 0. The molecular weight excluding hydrogens is 272 g/mol. The lowest BCUT2D eigenvalue weighted by atomic mass is 9.81. The predicted octanol–water partition coefficient (Wildman–Crippen LogP) is 2.68. The quantitative estimate of drug-likeness (QED) is 0.391. The van der Waals surface area contributed by atoms with Crippen molar-refractivity contribution in [1.29, 1.82) is 0 Å². The van der Waals surface area contributed by atoms with E-state index in [1.165, 1.54) is 6.92 Å². The second kappa shape index (κ2) is 7.96. The summed E-state index contributed by atoms with van der Waals surface area (Å²) in [5.74, 6) is -1.22. The van der Waals surface area contributed by atoms with Crippen LogP contribution in [0.4, 0.5) is 0 Å². The van der Waals surface area contributed by atoms with Crippen LogP contribution in [0, 0.1) is 11.3 Å². The molecule has 0 spiro atoms. The summed E-state index contributed by atoms with van der Waals surface area (Å²) in [5.41, 5.74) is -0.240. The highest BCUT2D eigenvalue weighted by atomic mass is 16.6. The van der Waals surface area contributed by atoms with E-state index in [9.17, 15) is 14.4 Å². The Morgan fingerprint density at radius 1 is 1.14 bits per heavy atom. The zero-order valence-electron chi connectivity index (χ0n) is 13.8. The van der Waals surface area contributed by atoms with E-state index >= 15 is 0 Å². The van der Waals surface area contributed by atoms with Crippen molar-refractivity contribution in [3.05, 3.63) is 12.2 Å². The number of Topliss-reactive ketones (excluding diaryl/α,β-unsaturated/α-hetero) is 1. The van der Waals surface area contributed by atoms with Gasteiger partial charge in [0.05, 0.1) is 6.61 Å². The molecule has 0 heterocycles. The number of carbonyl (C=O) groups is 3. The van der Waals surface area contributed by atoms with Crippen LogP contribution in [-0.2, 0) is 23.9 Å². The first-order valence-corrected chi connectivity index (χ1v) is 6.99. The molecule has 1 unspecified atom stereocenters. The third-order valence-corrected chi connectivity index (χ3v) is 2.96. The molecule has 5 nitrogen and oxygen atoms in total. The number of hydrogen-bond donors (Lipinski definition) is 0. The Balaban J connectivity index is 4.79. The first kappa shape index (κ1) is 19.4. The lowest BCUT2D eigenvalue weighted by Gasteiger charge is -2.35. The van der Waals surface area contributed by atoms with Crippen LogP contribution >= 0.6 is 0 Å². The maximum Gasteiger partial charge on any atom is 0.333 e. The van der Waals surface area contributed by atoms with Crippen molar-refractivity contribution in [2.45, 2.75) is 54.1 Å². The molecule has 0 amide bonds. The molecule has 0 aliphatic carbocycles. The minimum atomic E-state index is -0.565. The van der Waals surface area contributed by atoms with Crippen molar-refractivity contribution in [3.63, 3.8) is 0 Å². The van der Waals surface area contributed by atoms with Crippen LogP contribution < -0.4 is 0 Å². The SMILES string of the molecule is C=C(C)C(=O)OC(C(C)C)C(C)(C)COC(=O)CC(C)=O. The highest BCUT2D eigenvalue weighted by Crippen LogP contribution is 2.30. The molecule has 0 saturated carbocycles. The third-order valence-electron chi connectivity index (χ3n) is 2.96. The van der Waals surface area contributed by atoms with Gasteiger partial charge in [-0.25, -0.2) is 4.79 Å². The van der Waals surface area contributed by atoms with Gasteiger partial charge in [-0.05, 0) is 19.8 Å². The van der Waals surface area contributed by atoms with Gasteiger partial charge in [0.15, 0.2) is 0 Å². The van der Waals surface area contributed by atoms with Crippen LogP contribution in [0.2, 0.25) is 0 Å². The summed E-state index contributed by atoms with van der Waals surface area (Å²) in [7, 11) is 0. The molecule has 21 heavy (non-hydrogen) atoms. The van der Waals surface area contributed by atoms with Crippen LogP contribution in [0.15, 0.2) is 12.2 Å². The van der Waals surface area contributed by atoms with Gasteiger partial charge in [-0.15, -0.1) is 0 Å². The van der Waals surface area contributed by atoms with E-state index in [-0.39, 0.29) is 24.7 Å². The summed E-state index contributed by atoms with van der Waals surface area (Å²) in [6.45, 7) is 14.1. The molecule has 120 valence electrons. The highest BCUT2D eigenvalue weighted by Gasteiger charge is 2.36. The number of ether oxygens (including phenoxy) is 2. The number of hydrogen-bond acceptors (Lipinski definition) is 5. The van der Waals surface area contributed by atoms with Gasteiger partial charge >= 0.3 is 11.9 Å². The Bertz CT molecular complexity index is 420. The summed E-state index contributed by atoms with van der Waals surface area (Å²) >= 11 is 0. The molecule has 0 saturated heterocycles. The lowest BCUT2D eigenvalue weighted by Crippen LogP contribution is -2.41. The molecule has 0 aromatic carbocycles. The van der Waals surface area contributed by atoms with E-state index in [1.807, 2.05) is 27.7 Å². The third kappa shape index (κ3) is 7.06. The topological polar surface area (TPSA) is 69.7 Å². The van der Waals surface area contributed by atoms with E-state index in [0.29, 0.717) is 5.57 Å². The Kier molecular flexibility index (Phi) is 7.33. The number of esters is 2. The van der Waals surface area contributed by atoms with E-state index in [4.69, 9.17) is 9.47 Å². The molecule has 0 aliphatic heterocycles. The van der Waals surface area contributed by atoms with E-state index < -0.39 is 23.5 Å². The first-order chi connectivity index (χ1) is 9.47. The van der Waals surface area contributed by atoms with E-state index in [2.05, 4.69) is 6.58 Å². The Morgan fingerprint density at radius 2 is 1.67 bits per heavy atom. The molecule has 0 aromatic heterocycles. The van der Waals surface area contributed by atoms with Crippen molar-refractivity contribution in [1.82, 2.24) is 0 Å². The Hall–Kier alpha value is -1.65. The molecule has 0 rings (SSSR count). The molecular formula is C16H26O5. The van der Waals surface area contributed by atoms with Gasteiger partial charge in [-0.3, -0.25) is 9.59 Å². The summed E-state index contributed by atoms with van der Waals surface area (Å²) < 4.78 is 10.6. The molecule has 1 atom stereocenters. The molecule has 5 heteroatoms.